The molecule has 0 fully saturated rings. The van der Waals surface area contributed by atoms with E-state index in [-0.39, 0.29) is 11.6 Å². The summed E-state index contributed by atoms with van der Waals surface area (Å²) in [6.45, 7) is 1.73. The van der Waals surface area contributed by atoms with Crippen LogP contribution in [0.3, 0.4) is 0 Å². The van der Waals surface area contributed by atoms with Gasteiger partial charge in [0.1, 0.15) is 11.6 Å². The van der Waals surface area contributed by atoms with Crippen LogP contribution in [0, 0.1) is 12.7 Å². The summed E-state index contributed by atoms with van der Waals surface area (Å²) in [5.41, 5.74) is 0.623. The average molecular weight is 176 g/mol. The molecule has 66 valence electrons. The van der Waals surface area contributed by atoms with Crippen LogP contribution in [0.15, 0.2) is 30.3 Å². The molecule has 0 radical (unpaired) electrons. The first-order valence-corrected chi connectivity index (χ1v) is 4.06. The molecule has 2 aromatic rings. The van der Waals surface area contributed by atoms with Gasteiger partial charge >= 0.3 is 0 Å². The van der Waals surface area contributed by atoms with E-state index in [2.05, 4.69) is 0 Å². The maximum atomic E-state index is 13.1. The van der Waals surface area contributed by atoms with Crippen molar-refractivity contribution in [1.29, 1.82) is 0 Å². The zero-order valence-corrected chi connectivity index (χ0v) is 7.21. The monoisotopic (exact) mass is 176 g/mol. The second kappa shape index (κ2) is 2.73. The number of halogens is 1. The van der Waals surface area contributed by atoms with E-state index in [1.807, 2.05) is 0 Å². The summed E-state index contributed by atoms with van der Waals surface area (Å²) in [6.07, 6.45) is 0. The molecule has 1 N–H and O–H groups in total. The van der Waals surface area contributed by atoms with Crippen LogP contribution in [0.4, 0.5) is 4.39 Å². The second-order valence-electron chi connectivity index (χ2n) is 3.08. The normalized spacial score (nSPS) is 10.6. The molecule has 2 aromatic carbocycles. The Morgan fingerprint density at radius 1 is 1.15 bits per heavy atom. The predicted molar refractivity (Wildman–Crippen MR) is 50.3 cm³/mol. The van der Waals surface area contributed by atoms with E-state index in [9.17, 15) is 9.50 Å². The van der Waals surface area contributed by atoms with Gasteiger partial charge in [0.2, 0.25) is 0 Å². The van der Waals surface area contributed by atoms with Gasteiger partial charge in [-0.1, -0.05) is 12.1 Å². The summed E-state index contributed by atoms with van der Waals surface area (Å²) < 4.78 is 13.1. The molecule has 0 heterocycles. The van der Waals surface area contributed by atoms with Crippen molar-refractivity contribution in [2.75, 3.05) is 0 Å². The summed E-state index contributed by atoms with van der Waals surface area (Å²) in [4.78, 5) is 0. The Morgan fingerprint density at radius 3 is 2.69 bits per heavy atom. The summed E-state index contributed by atoms with van der Waals surface area (Å²) >= 11 is 0. The third-order valence-electron chi connectivity index (χ3n) is 2.21. The lowest BCUT2D eigenvalue weighted by Gasteiger charge is -2.03. The first kappa shape index (κ1) is 8.05. The topological polar surface area (TPSA) is 20.2 Å². The number of fused-ring (bicyclic) bond motifs is 1. The molecule has 0 amide bonds. The molecule has 1 nitrogen and oxygen atoms in total. The number of rotatable bonds is 0. The van der Waals surface area contributed by atoms with Crippen LogP contribution in [0.2, 0.25) is 0 Å². The lowest BCUT2D eigenvalue weighted by atomic mass is 10.1. The van der Waals surface area contributed by atoms with E-state index in [4.69, 9.17) is 0 Å². The Balaban J connectivity index is 2.87. The molecule has 2 rings (SSSR count). The highest BCUT2D eigenvalue weighted by atomic mass is 19.1. The largest absolute Gasteiger partial charge is 0.508 e. The highest BCUT2D eigenvalue weighted by Crippen LogP contribution is 2.24. The maximum Gasteiger partial charge on any atom is 0.126 e. The number of benzene rings is 2. The van der Waals surface area contributed by atoms with Crippen molar-refractivity contribution in [2.45, 2.75) is 6.92 Å². The molecular formula is C11H9FO. The van der Waals surface area contributed by atoms with E-state index >= 15 is 0 Å². The molecule has 0 unspecified atom stereocenters. The van der Waals surface area contributed by atoms with Crippen LogP contribution in [-0.4, -0.2) is 5.11 Å². The van der Waals surface area contributed by atoms with Gasteiger partial charge in [0.05, 0.1) is 0 Å². The standard InChI is InChI=1S/C11H9FO/c1-7-10-4-3-9(13)6-8(10)2-5-11(7)12/h2-6,13H,1H3. The van der Waals surface area contributed by atoms with Gasteiger partial charge in [-0.3, -0.25) is 0 Å². The average Bonchev–Trinajstić information content (AvgIpc) is 2.12. The highest BCUT2D eigenvalue weighted by molar-refractivity contribution is 5.86. The lowest BCUT2D eigenvalue weighted by molar-refractivity contribution is 0.476. The second-order valence-corrected chi connectivity index (χ2v) is 3.08. The Labute approximate surface area is 75.4 Å². The van der Waals surface area contributed by atoms with Crippen LogP contribution < -0.4 is 0 Å². The lowest BCUT2D eigenvalue weighted by Crippen LogP contribution is -1.83. The Hall–Kier alpha value is -1.57. The number of phenolic OH excluding ortho intramolecular Hbond substituents is 1. The molecule has 13 heavy (non-hydrogen) atoms. The maximum absolute atomic E-state index is 13.1. The van der Waals surface area contributed by atoms with Crippen molar-refractivity contribution < 1.29 is 9.50 Å². The van der Waals surface area contributed by atoms with Crippen molar-refractivity contribution in [1.82, 2.24) is 0 Å². The molecule has 0 spiro atoms. The molecule has 0 aliphatic heterocycles. The van der Waals surface area contributed by atoms with E-state index in [0.29, 0.717) is 5.56 Å². The third kappa shape index (κ3) is 1.24. The zero-order chi connectivity index (χ0) is 9.42. The summed E-state index contributed by atoms with van der Waals surface area (Å²) in [7, 11) is 0. The summed E-state index contributed by atoms with van der Waals surface area (Å²) in [5, 5.41) is 10.9. The van der Waals surface area contributed by atoms with Crippen LogP contribution in [-0.2, 0) is 0 Å². The smallest absolute Gasteiger partial charge is 0.126 e. The molecule has 2 heteroatoms. The van der Waals surface area contributed by atoms with Gasteiger partial charge < -0.3 is 5.11 Å². The van der Waals surface area contributed by atoms with Crippen LogP contribution in [0.1, 0.15) is 5.56 Å². The van der Waals surface area contributed by atoms with Crippen molar-refractivity contribution in [3.8, 4) is 5.75 Å². The minimum Gasteiger partial charge on any atom is -0.508 e. The Kier molecular flexibility index (Phi) is 1.69. The van der Waals surface area contributed by atoms with Gasteiger partial charge in [0, 0.05) is 0 Å². The van der Waals surface area contributed by atoms with Gasteiger partial charge in [-0.05, 0) is 41.5 Å². The first-order chi connectivity index (χ1) is 6.18. The van der Waals surface area contributed by atoms with Gasteiger partial charge in [-0.25, -0.2) is 4.39 Å². The van der Waals surface area contributed by atoms with Crippen molar-refractivity contribution in [2.24, 2.45) is 0 Å². The third-order valence-corrected chi connectivity index (χ3v) is 2.21. The molecule has 0 atom stereocenters. The van der Waals surface area contributed by atoms with Gasteiger partial charge in [0.15, 0.2) is 0 Å². The molecule has 0 aromatic heterocycles. The van der Waals surface area contributed by atoms with E-state index in [1.165, 1.54) is 6.07 Å². The number of phenols is 1. The Morgan fingerprint density at radius 2 is 1.92 bits per heavy atom. The first-order valence-electron chi connectivity index (χ1n) is 4.06. The van der Waals surface area contributed by atoms with Gasteiger partial charge in [0.25, 0.3) is 0 Å². The number of aromatic hydroxyl groups is 1. The van der Waals surface area contributed by atoms with Crippen molar-refractivity contribution >= 4 is 10.8 Å². The quantitative estimate of drug-likeness (QED) is 0.654. The molecule has 0 saturated heterocycles. The minimum atomic E-state index is -0.210. The van der Waals surface area contributed by atoms with Crippen molar-refractivity contribution in [3.05, 3.63) is 41.7 Å². The van der Waals surface area contributed by atoms with E-state index in [1.54, 1.807) is 31.2 Å². The summed E-state index contributed by atoms with van der Waals surface area (Å²) in [6, 6.07) is 7.99. The molecule has 0 aliphatic rings. The van der Waals surface area contributed by atoms with Crippen LogP contribution in [0.5, 0.6) is 5.75 Å². The van der Waals surface area contributed by atoms with E-state index in [0.717, 1.165) is 10.8 Å². The SMILES string of the molecule is Cc1c(F)ccc2cc(O)ccc12. The van der Waals surface area contributed by atoms with E-state index < -0.39 is 0 Å². The zero-order valence-electron chi connectivity index (χ0n) is 7.21. The Bertz CT molecular complexity index is 463. The highest BCUT2D eigenvalue weighted by Gasteiger charge is 2.02. The molecular weight excluding hydrogens is 167 g/mol. The minimum absolute atomic E-state index is 0.207. The molecule has 0 aliphatic carbocycles. The molecule has 0 bridgehead atoms. The number of hydrogen-bond donors (Lipinski definition) is 1. The summed E-state index contributed by atoms with van der Waals surface area (Å²) in [5.74, 6) is -0.00306. The fourth-order valence-corrected chi connectivity index (χ4v) is 1.45. The van der Waals surface area contributed by atoms with Crippen LogP contribution >= 0.6 is 0 Å². The van der Waals surface area contributed by atoms with Gasteiger partial charge in [-0.15, -0.1) is 0 Å². The molecule has 0 saturated carbocycles. The fraction of sp³-hybridized carbons (Fsp3) is 0.0909. The number of hydrogen-bond acceptors (Lipinski definition) is 1. The number of aryl methyl sites for hydroxylation is 1. The predicted octanol–water partition coefficient (Wildman–Crippen LogP) is 2.99. The fourth-order valence-electron chi connectivity index (χ4n) is 1.45. The van der Waals surface area contributed by atoms with Crippen LogP contribution in [0.25, 0.3) is 10.8 Å². The van der Waals surface area contributed by atoms with Crippen molar-refractivity contribution in [3.63, 3.8) is 0 Å². The van der Waals surface area contributed by atoms with Gasteiger partial charge in [-0.2, -0.15) is 0 Å².